The number of hydrogen-bond acceptors (Lipinski definition) is 3. The number of aromatic nitrogens is 2. The van der Waals surface area contributed by atoms with E-state index in [-0.39, 0.29) is 0 Å². The second-order valence-electron chi connectivity index (χ2n) is 3.03. The Hall–Kier alpha value is -1.24. The zero-order valence-electron chi connectivity index (χ0n) is 8.14. The van der Waals surface area contributed by atoms with Crippen LogP contribution in [-0.4, -0.2) is 16.9 Å². The smallest absolute Gasteiger partial charge is 0.157 e. The lowest BCUT2D eigenvalue weighted by Gasteiger charge is -2.03. The van der Waals surface area contributed by atoms with Gasteiger partial charge in [0.05, 0.1) is 25.2 Å². The van der Waals surface area contributed by atoms with Crippen molar-refractivity contribution in [1.29, 1.82) is 0 Å². The zero-order valence-corrected chi connectivity index (χ0v) is 10.3. The van der Waals surface area contributed by atoms with Crippen LogP contribution < -0.4 is 10.5 Å². The van der Waals surface area contributed by atoms with Crippen LogP contribution in [0.1, 0.15) is 0 Å². The Balaban J connectivity index is 2.40. The molecule has 0 radical (unpaired) electrons. The summed E-state index contributed by atoms with van der Waals surface area (Å²) < 4.78 is 7.82. The molecule has 0 amide bonds. The third-order valence-electron chi connectivity index (χ3n) is 2.04. The summed E-state index contributed by atoms with van der Waals surface area (Å²) in [4.78, 5) is 0. The number of hydrogen-bond donors (Lipinski definition) is 1. The van der Waals surface area contributed by atoms with Crippen molar-refractivity contribution in [3.8, 4) is 11.4 Å². The van der Waals surface area contributed by atoms with Gasteiger partial charge in [0.2, 0.25) is 0 Å². The van der Waals surface area contributed by atoms with Gasteiger partial charge in [0, 0.05) is 9.26 Å². The van der Waals surface area contributed by atoms with Crippen LogP contribution in [0, 0.1) is 3.57 Å². The lowest BCUT2D eigenvalue weighted by atomic mass is 10.3. The van der Waals surface area contributed by atoms with Gasteiger partial charge < -0.3 is 10.5 Å². The number of nitrogen functional groups attached to an aromatic ring is 1. The third-order valence-corrected chi connectivity index (χ3v) is 2.98. The molecule has 0 spiro atoms. The van der Waals surface area contributed by atoms with Crippen molar-refractivity contribution in [2.75, 3.05) is 12.8 Å². The fraction of sp³-hybridized carbons (Fsp3) is 0.100. The van der Waals surface area contributed by atoms with Gasteiger partial charge >= 0.3 is 0 Å². The summed E-state index contributed by atoms with van der Waals surface area (Å²) in [7, 11) is 1.62. The number of anilines is 1. The number of methoxy groups -OCH3 is 1. The molecule has 0 unspecified atom stereocenters. The molecule has 0 aliphatic carbocycles. The lowest BCUT2D eigenvalue weighted by molar-refractivity contribution is 0.414. The van der Waals surface area contributed by atoms with Crippen LogP contribution >= 0.6 is 22.6 Å². The lowest BCUT2D eigenvalue weighted by Crippen LogP contribution is -1.96. The third kappa shape index (κ3) is 2.06. The fourth-order valence-electron chi connectivity index (χ4n) is 1.21. The van der Waals surface area contributed by atoms with Gasteiger partial charge in [-0.2, -0.15) is 5.10 Å². The van der Waals surface area contributed by atoms with Crippen LogP contribution in [0.5, 0.6) is 5.75 Å². The van der Waals surface area contributed by atoms with Crippen molar-refractivity contribution in [3.63, 3.8) is 0 Å². The van der Waals surface area contributed by atoms with Crippen molar-refractivity contribution in [1.82, 2.24) is 9.78 Å². The number of nitrogens with zero attached hydrogens (tertiary/aromatic N) is 2. The van der Waals surface area contributed by atoms with E-state index in [4.69, 9.17) is 10.5 Å². The molecule has 0 aliphatic rings. The molecule has 5 heteroatoms. The molecule has 0 saturated heterocycles. The summed E-state index contributed by atoms with van der Waals surface area (Å²) in [6, 6.07) is 5.76. The van der Waals surface area contributed by atoms with Gasteiger partial charge in [0.1, 0.15) is 0 Å². The summed E-state index contributed by atoms with van der Waals surface area (Å²) in [6.07, 6.45) is 3.49. The topological polar surface area (TPSA) is 53.1 Å². The Morgan fingerprint density at radius 2 is 2.27 bits per heavy atom. The highest BCUT2D eigenvalue weighted by Crippen LogP contribution is 2.20. The molecule has 4 nitrogen and oxygen atoms in total. The predicted molar refractivity (Wildman–Crippen MR) is 67.2 cm³/mol. The SMILES string of the molecule is COc1cnn(-c2ccc(N)c(I)c2)c1. The van der Waals surface area contributed by atoms with E-state index in [1.807, 2.05) is 24.4 Å². The molecular weight excluding hydrogens is 305 g/mol. The van der Waals surface area contributed by atoms with Gasteiger partial charge in [-0.05, 0) is 40.8 Å². The zero-order chi connectivity index (χ0) is 10.8. The van der Waals surface area contributed by atoms with Crippen LogP contribution in [0.2, 0.25) is 0 Å². The van der Waals surface area contributed by atoms with Gasteiger partial charge in [-0.15, -0.1) is 0 Å². The molecule has 0 saturated carbocycles. The second-order valence-corrected chi connectivity index (χ2v) is 4.19. The first-order valence-corrected chi connectivity index (χ1v) is 5.42. The van der Waals surface area contributed by atoms with Crippen molar-refractivity contribution in [3.05, 3.63) is 34.2 Å². The molecule has 1 aromatic heterocycles. The summed E-state index contributed by atoms with van der Waals surface area (Å²) in [5.74, 6) is 0.738. The first-order chi connectivity index (χ1) is 7.20. The molecule has 2 aromatic rings. The van der Waals surface area contributed by atoms with Crippen LogP contribution in [-0.2, 0) is 0 Å². The second kappa shape index (κ2) is 4.09. The molecule has 15 heavy (non-hydrogen) atoms. The monoisotopic (exact) mass is 315 g/mol. The number of ether oxygens (including phenoxy) is 1. The molecule has 0 atom stereocenters. The highest BCUT2D eigenvalue weighted by atomic mass is 127. The number of benzene rings is 1. The van der Waals surface area contributed by atoms with E-state index in [9.17, 15) is 0 Å². The van der Waals surface area contributed by atoms with Gasteiger partial charge in [-0.25, -0.2) is 4.68 Å². The Labute approximate surface area is 101 Å². The van der Waals surface area contributed by atoms with E-state index in [0.717, 1.165) is 20.7 Å². The Kier molecular flexibility index (Phi) is 2.81. The van der Waals surface area contributed by atoms with E-state index in [2.05, 4.69) is 27.7 Å². The Morgan fingerprint density at radius 1 is 1.47 bits per heavy atom. The quantitative estimate of drug-likeness (QED) is 0.682. The minimum absolute atomic E-state index is 0.738. The standard InChI is InChI=1S/C10H10IN3O/c1-15-8-5-13-14(6-8)7-2-3-10(12)9(11)4-7/h2-6H,12H2,1H3. The van der Waals surface area contributed by atoms with Crippen molar-refractivity contribution in [2.45, 2.75) is 0 Å². The average Bonchev–Trinajstić information content (AvgIpc) is 2.70. The summed E-state index contributed by atoms with van der Waals surface area (Å²) in [6.45, 7) is 0. The maximum atomic E-state index is 5.74. The van der Waals surface area contributed by atoms with Crippen molar-refractivity contribution < 1.29 is 4.74 Å². The van der Waals surface area contributed by atoms with Crippen LogP contribution in [0.3, 0.4) is 0 Å². The maximum absolute atomic E-state index is 5.74. The Bertz CT molecular complexity index is 481. The number of nitrogens with two attached hydrogens (primary N) is 1. The molecule has 0 aliphatic heterocycles. The van der Waals surface area contributed by atoms with Gasteiger partial charge in [0.25, 0.3) is 0 Å². The van der Waals surface area contributed by atoms with E-state index in [1.165, 1.54) is 0 Å². The summed E-state index contributed by atoms with van der Waals surface area (Å²) >= 11 is 2.20. The van der Waals surface area contributed by atoms with Crippen LogP contribution in [0.4, 0.5) is 5.69 Å². The first kappa shape index (κ1) is 10.3. The van der Waals surface area contributed by atoms with Gasteiger partial charge in [-0.3, -0.25) is 0 Å². The van der Waals surface area contributed by atoms with Crippen LogP contribution in [0.15, 0.2) is 30.6 Å². The van der Waals surface area contributed by atoms with E-state index >= 15 is 0 Å². The maximum Gasteiger partial charge on any atom is 0.157 e. The molecule has 78 valence electrons. The largest absolute Gasteiger partial charge is 0.493 e. The molecule has 1 aromatic carbocycles. The Morgan fingerprint density at radius 3 is 2.87 bits per heavy atom. The highest BCUT2D eigenvalue weighted by Gasteiger charge is 2.02. The minimum Gasteiger partial charge on any atom is -0.493 e. The minimum atomic E-state index is 0.738. The summed E-state index contributed by atoms with van der Waals surface area (Å²) in [5.41, 5.74) is 7.48. The van der Waals surface area contributed by atoms with E-state index < -0.39 is 0 Å². The van der Waals surface area contributed by atoms with E-state index in [1.54, 1.807) is 18.0 Å². The molecule has 2 rings (SSSR count). The predicted octanol–water partition coefficient (Wildman–Crippen LogP) is 2.07. The first-order valence-electron chi connectivity index (χ1n) is 4.35. The number of rotatable bonds is 2. The molecule has 1 heterocycles. The average molecular weight is 315 g/mol. The van der Waals surface area contributed by atoms with Gasteiger partial charge in [-0.1, -0.05) is 0 Å². The molecular formula is C10H10IN3O. The fourth-order valence-corrected chi connectivity index (χ4v) is 1.71. The number of halogens is 1. The molecule has 2 N–H and O–H groups in total. The molecule has 0 bridgehead atoms. The van der Waals surface area contributed by atoms with Crippen LogP contribution in [0.25, 0.3) is 5.69 Å². The van der Waals surface area contributed by atoms with Crippen molar-refractivity contribution >= 4 is 28.3 Å². The van der Waals surface area contributed by atoms with E-state index in [0.29, 0.717) is 0 Å². The van der Waals surface area contributed by atoms with Gasteiger partial charge in [0.15, 0.2) is 5.75 Å². The highest BCUT2D eigenvalue weighted by molar-refractivity contribution is 14.1. The molecule has 0 fully saturated rings. The van der Waals surface area contributed by atoms with Crippen molar-refractivity contribution in [2.24, 2.45) is 0 Å². The summed E-state index contributed by atoms with van der Waals surface area (Å²) in [5, 5.41) is 4.18. The normalized spacial score (nSPS) is 10.3.